The van der Waals surface area contributed by atoms with Gasteiger partial charge in [0.1, 0.15) is 0 Å². The van der Waals surface area contributed by atoms with Crippen LogP contribution in [0.1, 0.15) is 12.8 Å². The van der Waals surface area contributed by atoms with Crippen molar-refractivity contribution in [2.45, 2.75) is 18.9 Å². The monoisotopic (exact) mass is 301 g/mol. The van der Waals surface area contributed by atoms with Crippen molar-refractivity contribution in [2.75, 3.05) is 50.9 Å². The molecule has 0 aliphatic carbocycles. The highest BCUT2D eigenvalue weighted by Gasteiger charge is 2.27. The molecule has 2 aliphatic rings. The summed E-state index contributed by atoms with van der Waals surface area (Å²) in [6, 6.07) is 0.193. The minimum absolute atomic E-state index is 0.0999. The third-order valence-corrected chi connectivity index (χ3v) is 4.69. The van der Waals surface area contributed by atoms with Gasteiger partial charge in [0, 0.05) is 32.2 Å². The molecule has 2 fully saturated rings. The zero-order valence-corrected chi connectivity index (χ0v) is 12.6. The van der Waals surface area contributed by atoms with Gasteiger partial charge >= 0.3 is 0 Å². The van der Waals surface area contributed by atoms with Gasteiger partial charge in [-0.3, -0.25) is 9.59 Å². The minimum atomic E-state index is 0.0999. The summed E-state index contributed by atoms with van der Waals surface area (Å²) in [6.45, 7) is 3.88. The van der Waals surface area contributed by atoms with Gasteiger partial charge in [0.05, 0.1) is 24.7 Å². The Morgan fingerprint density at radius 2 is 1.85 bits per heavy atom. The van der Waals surface area contributed by atoms with Crippen LogP contribution in [0.15, 0.2) is 0 Å². The van der Waals surface area contributed by atoms with Gasteiger partial charge in [-0.15, -0.1) is 11.8 Å². The van der Waals surface area contributed by atoms with Crippen LogP contribution in [0.25, 0.3) is 0 Å². The van der Waals surface area contributed by atoms with Crippen molar-refractivity contribution in [1.29, 1.82) is 0 Å². The molecule has 6 nitrogen and oxygen atoms in total. The second kappa shape index (κ2) is 7.85. The molecular formula is C13H23N3O3S. The number of rotatable bonds is 5. The molecule has 0 radical (unpaired) electrons. The molecule has 2 rings (SSSR count). The predicted molar refractivity (Wildman–Crippen MR) is 78.5 cm³/mol. The highest BCUT2D eigenvalue weighted by Crippen LogP contribution is 2.17. The second-order valence-electron chi connectivity index (χ2n) is 5.10. The summed E-state index contributed by atoms with van der Waals surface area (Å²) in [5.41, 5.74) is 5.66. The van der Waals surface area contributed by atoms with Crippen molar-refractivity contribution in [3.63, 3.8) is 0 Å². The Morgan fingerprint density at radius 1 is 1.15 bits per heavy atom. The summed E-state index contributed by atoms with van der Waals surface area (Å²) in [4.78, 5) is 27.7. The Balaban J connectivity index is 1.67. The Hall–Kier alpha value is -0.790. The molecule has 20 heavy (non-hydrogen) atoms. The lowest BCUT2D eigenvalue weighted by Gasteiger charge is -2.27. The molecule has 0 aromatic rings. The molecular weight excluding hydrogens is 278 g/mol. The number of nitrogens with two attached hydrogens (primary N) is 1. The van der Waals surface area contributed by atoms with Gasteiger partial charge in [0.15, 0.2) is 0 Å². The first-order valence-corrected chi connectivity index (χ1v) is 8.30. The number of amides is 2. The maximum absolute atomic E-state index is 12.1. The van der Waals surface area contributed by atoms with Gasteiger partial charge in [-0.25, -0.2) is 0 Å². The third kappa shape index (κ3) is 4.10. The fourth-order valence-corrected chi connectivity index (χ4v) is 3.42. The summed E-state index contributed by atoms with van der Waals surface area (Å²) >= 11 is 1.40. The Kier molecular flexibility index (Phi) is 6.12. The van der Waals surface area contributed by atoms with E-state index in [-0.39, 0.29) is 17.9 Å². The van der Waals surface area contributed by atoms with Gasteiger partial charge in [-0.1, -0.05) is 0 Å². The third-order valence-electron chi connectivity index (χ3n) is 3.78. The topological polar surface area (TPSA) is 75.9 Å². The van der Waals surface area contributed by atoms with Crippen LogP contribution in [0.5, 0.6) is 0 Å². The smallest absolute Gasteiger partial charge is 0.232 e. The lowest BCUT2D eigenvalue weighted by atomic mass is 10.2. The fraction of sp³-hybridized carbons (Fsp3) is 0.846. The normalized spacial score (nSPS) is 23.1. The number of nitrogens with zero attached hydrogens (tertiary/aromatic N) is 2. The molecule has 2 heterocycles. The van der Waals surface area contributed by atoms with E-state index in [4.69, 9.17) is 10.5 Å². The maximum atomic E-state index is 12.1. The number of carbonyl (C=O) groups excluding carboxylic acids is 2. The molecule has 2 N–H and O–H groups in total. The van der Waals surface area contributed by atoms with E-state index in [1.54, 1.807) is 4.90 Å². The second-order valence-corrected chi connectivity index (χ2v) is 6.09. The van der Waals surface area contributed by atoms with Crippen molar-refractivity contribution in [3.8, 4) is 0 Å². The summed E-state index contributed by atoms with van der Waals surface area (Å²) < 4.78 is 5.21. The highest BCUT2D eigenvalue weighted by atomic mass is 32.2. The molecule has 2 saturated heterocycles. The van der Waals surface area contributed by atoms with E-state index < -0.39 is 0 Å². The Morgan fingerprint density at radius 3 is 2.55 bits per heavy atom. The van der Waals surface area contributed by atoms with Crippen molar-refractivity contribution < 1.29 is 14.3 Å². The van der Waals surface area contributed by atoms with Crippen LogP contribution in [-0.2, 0) is 14.3 Å². The molecule has 1 unspecified atom stereocenters. The zero-order chi connectivity index (χ0) is 14.4. The first kappa shape index (κ1) is 15.6. The van der Waals surface area contributed by atoms with E-state index in [1.807, 2.05) is 4.90 Å². The maximum Gasteiger partial charge on any atom is 0.232 e. The van der Waals surface area contributed by atoms with Crippen LogP contribution in [0.2, 0.25) is 0 Å². The van der Waals surface area contributed by atoms with E-state index in [0.717, 1.165) is 19.4 Å². The zero-order valence-electron chi connectivity index (χ0n) is 11.8. The minimum Gasteiger partial charge on any atom is -0.378 e. The average molecular weight is 301 g/mol. The van der Waals surface area contributed by atoms with E-state index in [9.17, 15) is 9.59 Å². The SMILES string of the molecule is NCC1CCCN1C(=O)CSCC(=O)N1CCOCC1. The summed E-state index contributed by atoms with van der Waals surface area (Å²) in [5.74, 6) is 0.944. The first-order chi connectivity index (χ1) is 9.72. The number of ether oxygens (including phenoxy) is 1. The molecule has 2 aliphatic heterocycles. The van der Waals surface area contributed by atoms with Gasteiger partial charge in [0.25, 0.3) is 0 Å². The van der Waals surface area contributed by atoms with Crippen LogP contribution < -0.4 is 5.73 Å². The molecule has 0 aromatic carbocycles. The molecule has 1 atom stereocenters. The summed E-state index contributed by atoms with van der Waals surface area (Å²) in [5, 5.41) is 0. The van der Waals surface area contributed by atoms with Gasteiger partial charge in [-0.05, 0) is 12.8 Å². The van der Waals surface area contributed by atoms with E-state index in [1.165, 1.54) is 11.8 Å². The van der Waals surface area contributed by atoms with Crippen molar-refractivity contribution >= 4 is 23.6 Å². The Bertz CT molecular complexity index is 348. The Labute approximate surface area is 124 Å². The molecule has 2 amide bonds. The quantitative estimate of drug-likeness (QED) is 0.743. The van der Waals surface area contributed by atoms with Gasteiger partial charge < -0.3 is 20.3 Å². The number of hydrogen-bond acceptors (Lipinski definition) is 5. The van der Waals surface area contributed by atoms with Crippen LogP contribution in [0, 0.1) is 0 Å². The summed E-state index contributed by atoms with van der Waals surface area (Å²) in [7, 11) is 0. The summed E-state index contributed by atoms with van der Waals surface area (Å²) in [6.07, 6.45) is 2.03. The molecule has 0 saturated carbocycles. The van der Waals surface area contributed by atoms with Crippen LogP contribution in [0.3, 0.4) is 0 Å². The highest BCUT2D eigenvalue weighted by molar-refractivity contribution is 8.00. The van der Waals surface area contributed by atoms with Crippen molar-refractivity contribution in [1.82, 2.24) is 9.80 Å². The molecule has 7 heteroatoms. The van der Waals surface area contributed by atoms with E-state index >= 15 is 0 Å². The average Bonchev–Trinajstić information content (AvgIpc) is 2.96. The predicted octanol–water partition coefficient (Wildman–Crippen LogP) is -0.472. The lowest BCUT2D eigenvalue weighted by Crippen LogP contribution is -2.42. The number of hydrogen-bond donors (Lipinski definition) is 1. The lowest BCUT2D eigenvalue weighted by molar-refractivity contribution is -0.132. The standard InChI is InChI=1S/C13H23N3O3S/c14-8-11-2-1-3-16(11)13(18)10-20-9-12(17)15-4-6-19-7-5-15/h11H,1-10,14H2. The number of carbonyl (C=O) groups is 2. The van der Waals surface area contributed by atoms with E-state index in [0.29, 0.717) is 44.4 Å². The first-order valence-electron chi connectivity index (χ1n) is 7.15. The number of likely N-dealkylation sites (tertiary alicyclic amines) is 1. The number of thioether (sulfide) groups is 1. The van der Waals surface area contributed by atoms with Crippen molar-refractivity contribution in [2.24, 2.45) is 5.73 Å². The van der Waals surface area contributed by atoms with Gasteiger partial charge in [0.2, 0.25) is 11.8 Å². The van der Waals surface area contributed by atoms with E-state index in [2.05, 4.69) is 0 Å². The van der Waals surface area contributed by atoms with Crippen LogP contribution in [-0.4, -0.2) is 78.6 Å². The van der Waals surface area contributed by atoms with Crippen LogP contribution in [0.4, 0.5) is 0 Å². The van der Waals surface area contributed by atoms with Gasteiger partial charge in [-0.2, -0.15) is 0 Å². The fourth-order valence-electron chi connectivity index (χ4n) is 2.62. The molecule has 0 spiro atoms. The molecule has 0 bridgehead atoms. The van der Waals surface area contributed by atoms with Crippen molar-refractivity contribution in [3.05, 3.63) is 0 Å². The molecule has 0 aromatic heterocycles. The molecule has 114 valence electrons. The van der Waals surface area contributed by atoms with Crippen LogP contribution >= 0.6 is 11.8 Å². The number of morpholine rings is 1. The largest absolute Gasteiger partial charge is 0.378 e.